The highest BCUT2D eigenvalue weighted by molar-refractivity contribution is 5.98. The predicted octanol–water partition coefficient (Wildman–Crippen LogP) is 3.47. The standard InChI is InChI=1S/C17H22N2O2/c1-5-6-11(2)18-17(20)15-9-13-7-8-14(21-4)10-16(13)19-12(15)3/h7-11H,5-6H2,1-4H3,(H,18,20)/t11-/m0/s1. The summed E-state index contributed by atoms with van der Waals surface area (Å²) in [5.74, 6) is 0.710. The molecule has 0 aliphatic heterocycles. The van der Waals surface area contributed by atoms with Crippen LogP contribution in [-0.2, 0) is 0 Å². The van der Waals surface area contributed by atoms with Crippen molar-refractivity contribution in [2.24, 2.45) is 0 Å². The van der Waals surface area contributed by atoms with Crippen LogP contribution in [0.1, 0.15) is 42.7 Å². The number of nitrogens with zero attached hydrogens (tertiary/aromatic N) is 1. The van der Waals surface area contributed by atoms with Crippen LogP contribution in [0.3, 0.4) is 0 Å². The molecular formula is C17H22N2O2. The van der Waals surface area contributed by atoms with Crippen molar-refractivity contribution >= 4 is 16.8 Å². The van der Waals surface area contributed by atoms with Gasteiger partial charge in [-0.15, -0.1) is 0 Å². The maximum absolute atomic E-state index is 12.3. The lowest BCUT2D eigenvalue weighted by Crippen LogP contribution is -2.32. The van der Waals surface area contributed by atoms with Crippen LogP contribution in [0.2, 0.25) is 0 Å². The van der Waals surface area contributed by atoms with Gasteiger partial charge >= 0.3 is 0 Å². The number of hydrogen-bond donors (Lipinski definition) is 1. The predicted molar refractivity (Wildman–Crippen MR) is 84.9 cm³/mol. The smallest absolute Gasteiger partial charge is 0.253 e. The van der Waals surface area contributed by atoms with E-state index < -0.39 is 0 Å². The molecule has 4 nitrogen and oxygen atoms in total. The Hall–Kier alpha value is -2.10. The van der Waals surface area contributed by atoms with Crippen LogP contribution in [0.5, 0.6) is 5.75 Å². The highest BCUT2D eigenvalue weighted by Crippen LogP contribution is 2.21. The van der Waals surface area contributed by atoms with E-state index in [0.717, 1.165) is 35.2 Å². The normalized spacial score (nSPS) is 12.2. The topological polar surface area (TPSA) is 51.2 Å². The highest BCUT2D eigenvalue weighted by Gasteiger charge is 2.14. The molecule has 0 saturated heterocycles. The van der Waals surface area contributed by atoms with E-state index in [1.165, 1.54) is 0 Å². The van der Waals surface area contributed by atoms with Crippen molar-refractivity contribution in [3.63, 3.8) is 0 Å². The lowest BCUT2D eigenvalue weighted by molar-refractivity contribution is 0.0937. The van der Waals surface area contributed by atoms with Gasteiger partial charge in [0.2, 0.25) is 0 Å². The number of amides is 1. The third-order valence-electron chi connectivity index (χ3n) is 3.56. The van der Waals surface area contributed by atoms with Crippen LogP contribution in [0, 0.1) is 6.92 Å². The summed E-state index contributed by atoms with van der Waals surface area (Å²) in [5.41, 5.74) is 2.21. The summed E-state index contributed by atoms with van der Waals surface area (Å²) in [6, 6.07) is 7.75. The first-order chi connectivity index (χ1) is 10.0. The number of rotatable bonds is 5. The summed E-state index contributed by atoms with van der Waals surface area (Å²) in [6.07, 6.45) is 2.03. The molecule has 0 aliphatic rings. The zero-order chi connectivity index (χ0) is 15.4. The molecule has 0 spiro atoms. The molecule has 1 heterocycles. The monoisotopic (exact) mass is 286 g/mol. The quantitative estimate of drug-likeness (QED) is 0.915. The zero-order valence-electron chi connectivity index (χ0n) is 13.1. The Morgan fingerprint density at radius 3 is 2.81 bits per heavy atom. The van der Waals surface area contributed by atoms with E-state index in [4.69, 9.17) is 4.74 Å². The molecule has 4 heteroatoms. The second kappa shape index (κ2) is 6.57. The molecule has 0 fully saturated rings. The average molecular weight is 286 g/mol. The van der Waals surface area contributed by atoms with Gasteiger partial charge in [0.25, 0.3) is 5.91 Å². The molecule has 0 bridgehead atoms. The molecule has 1 aromatic heterocycles. The molecule has 112 valence electrons. The number of aromatic nitrogens is 1. The average Bonchev–Trinajstić information content (AvgIpc) is 2.45. The van der Waals surface area contributed by atoms with Crippen LogP contribution >= 0.6 is 0 Å². The lowest BCUT2D eigenvalue weighted by atomic mass is 10.1. The van der Waals surface area contributed by atoms with Crippen molar-refractivity contribution < 1.29 is 9.53 Å². The van der Waals surface area contributed by atoms with E-state index >= 15 is 0 Å². The van der Waals surface area contributed by atoms with E-state index in [9.17, 15) is 4.79 Å². The van der Waals surface area contributed by atoms with Gasteiger partial charge in [-0.2, -0.15) is 0 Å². The van der Waals surface area contributed by atoms with Gasteiger partial charge < -0.3 is 10.1 Å². The van der Waals surface area contributed by atoms with E-state index in [-0.39, 0.29) is 11.9 Å². The summed E-state index contributed by atoms with van der Waals surface area (Å²) in [6.45, 7) is 5.99. The van der Waals surface area contributed by atoms with Crippen molar-refractivity contribution in [1.29, 1.82) is 0 Å². The van der Waals surface area contributed by atoms with E-state index in [0.29, 0.717) is 5.56 Å². The van der Waals surface area contributed by atoms with E-state index in [1.807, 2.05) is 38.1 Å². The molecule has 1 N–H and O–H groups in total. The van der Waals surface area contributed by atoms with Gasteiger partial charge in [-0.25, -0.2) is 0 Å². The first-order valence-electron chi connectivity index (χ1n) is 7.31. The number of nitrogens with one attached hydrogen (secondary N) is 1. The molecule has 1 aromatic carbocycles. The third kappa shape index (κ3) is 3.51. The van der Waals surface area contributed by atoms with Gasteiger partial charge in [0.05, 0.1) is 23.9 Å². The highest BCUT2D eigenvalue weighted by atomic mass is 16.5. The molecule has 0 aliphatic carbocycles. The van der Waals surface area contributed by atoms with Crippen LogP contribution in [0.25, 0.3) is 10.9 Å². The molecule has 21 heavy (non-hydrogen) atoms. The number of pyridine rings is 1. The minimum Gasteiger partial charge on any atom is -0.497 e. The summed E-state index contributed by atoms with van der Waals surface area (Å²) >= 11 is 0. The zero-order valence-corrected chi connectivity index (χ0v) is 13.1. The fourth-order valence-electron chi connectivity index (χ4n) is 2.41. The number of fused-ring (bicyclic) bond motifs is 1. The fourth-order valence-corrected chi connectivity index (χ4v) is 2.41. The molecule has 1 amide bonds. The van der Waals surface area contributed by atoms with E-state index in [1.54, 1.807) is 7.11 Å². The van der Waals surface area contributed by atoms with Crippen molar-refractivity contribution in [1.82, 2.24) is 10.3 Å². The third-order valence-corrected chi connectivity index (χ3v) is 3.56. The van der Waals surface area contributed by atoms with Gasteiger partial charge in [-0.3, -0.25) is 9.78 Å². The maximum atomic E-state index is 12.3. The largest absolute Gasteiger partial charge is 0.497 e. The minimum absolute atomic E-state index is 0.0568. The first kappa shape index (κ1) is 15.3. The Bertz CT molecular complexity index is 653. The maximum Gasteiger partial charge on any atom is 0.253 e. The second-order valence-electron chi connectivity index (χ2n) is 5.34. The Kier molecular flexibility index (Phi) is 4.78. The Balaban J connectivity index is 2.32. The molecule has 0 radical (unpaired) electrons. The summed E-state index contributed by atoms with van der Waals surface area (Å²) in [5, 5.41) is 3.96. The Morgan fingerprint density at radius 1 is 1.38 bits per heavy atom. The van der Waals surface area contributed by atoms with Crippen LogP contribution in [0.15, 0.2) is 24.3 Å². The summed E-state index contributed by atoms with van der Waals surface area (Å²) < 4.78 is 5.20. The molecule has 1 atom stereocenters. The van der Waals surface area contributed by atoms with Gasteiger partial charge in [-0.05, 0) is 38.5 Å². The fraction of sp³-hybridized carbons (Fsp3) is 0.412. The lowest BCUT2D eigenvalue weighted by Gasteiger charge is -2.14. The second-order valence-corrected chi connectivity index (χ2v) is 5.34. The van der Waals surface area contributed by atoms with Crippen LogP contribution in [0.4, 0.5) is 0 Å². The van der Waals surface area contributed by atoms with Gasteiger partial charge in [0, 0.05) is 17.5 Å². The summed E-state index contributed by atoms with van der Waals surface area (Å²) in [7, 11) is 1.63. The Morgan fingerprint density at radius 2 is 2.14 bits per heavy atom. The number of carbonyl (C=O) groups excluding carboxylic acids is 1. The number of ether oxygens (including phenoxy) is 1. The van der Waals surface area contributed by atoms with Crippen LogP contribution in [-0.4, -0.2) is 24.0 Å². The number of hydrogen-bond acceptors (Lipinski definition) is 3. The summed E-state index contributed by atoms with van der Waals surface area (Å²) in [4.78, 5) is 16.9. The number of carbonyl (C=O) groups is 1. The number of methoxy groups -OCH3 is 1. The molecule has 0 saturated carbocycles. The molecule has 2 aromatic rings. The van der Waals surface area contributed by atoms with Crippen molar-refractivity contribution in [2.75, 3.05) is 7.11 Å². The minimum atomic E-state index is -0.0568. The molecule has 0 unspecified atom stereocenters. The molecule has 2 rings (SSSR count). The first-order valence-corrected chi connectivity index (χ1v) is 7.31. The van der Waals surface area contributed by atoms with Crippen molar-refractivity contribution in [2.45, 2.75) is 39.7 Å². The Labute approximate surface area is 125 Å². The van der Waals surface area contributed by atoms with Gasteiger partial charge in [0.15, 0.2) is 0 Å². The number of aryl methyl sites for hydroxylation is 1. The number of benzene rings is 1. The van der Waals surface area contributed by atoms with Crippen molar-refractivity contribution in [3.8, 4) is 5.75 Å². The van der Waals surface area contributed by atoms with Gasteiger partial charge in [-0.1, -0.05) is 13.3 Å². The SMILES string of the molecule is CCC[C@H](C)NC(=O)c1cc2ccc(OC)cc2nc1C. The van der Waals surface area contributed by atoms with E-state index in [2.05, 4.69) is 17.2 Å². The van der Waals surface area contributed by atoms with Crippen molar-refractivity contribution in [3.05, 3.63) is 35.5 Å². The molecular weight excluding hydrogens is 264 g/mol. The van der Waals surface area contributed by atoms with Gasteiger partial charge in [0.1, 0.15) is 5.75 Å². The van der Waals surface area contributed by atoms with Crippen LogP contribution < -0.4 is 10.1 Å².